The number of ketones is 1. The number of fused-ring (bicyclic) bond motifs is 2. The Morgan fingerprint density at radius 1 is 1.18 bits per heavy atom. The smallest absolute Gasteiger partial charge is 0.137 e. The summed E-state index contributed by atoms with van der Waals surface area (Å²) >= 11 is 0. The molecular weight excluding hydrogens is 272 g/mol. The molecular formula is C20H32O2. The molecule has 0 amide bonds. The second kappa shape index (κ2) is 6.47. The molecule has 0 aromatic carbocycles. The van der Waals surface area contributed by atoms with Gasteiger partial charge in [0, 0.05) is 19.4 Å². The fraction of sp³-hybridized carbons (Fsp3) is 0.850. The highest BCUT2D eigenvalue weighted by atomic mass is 16.3. The summed E-state index contributed by atoms with van der Waals surface area (Å²) < 4.78 is 0. The molecule has 3 aliphatic rings. The number of carbonyl (C=O) groups excluding carboxylic acids is 1. The number of carbonyl (C=O) groups is 1. The molecule has 2 unspecified atom stereocenters. The number of hydrogen-bond acceptors (Lipinski definition) is 2. The summed E-state index contributed by atoms with van der Waals surface area (Å²) in [6.45, 7) is 4.94. The molecule has 22 heavy (non-hydrogen) atoms. The fourth-order valence-corrected chi connectivity index (χ4v) is 6.16. The summed E-state index contributed by atoms with van der Waals surface area (Å²) in [5.74, 6) is 2.60. The van der Waals surface area contributed by atoms with E-state index in [9.17, 15) is 9.90 Å². The number of Topliss-reactive ketones (excluding diaryl/α,β-unsaturated/α-hetero) is 1. The lowest BCUT2D eigenvalue weighted by molar-refractivity contribution is -0.119. The molecule has 2 nitrogen and oxygen atoms in total. The molecule has 3 aliphatic carbocycles. The lowest BCUT2D eigenvalue weighted by Gasteiger charge is -2.54. The van der Waals surface area contributed by atoms with E-state index in [1.54, 1.807) is 5.57 Å². The molecule has 1 saturated carbocycles. The van der Waals surface area contributed by atoms with Gasteiger partial charge in [-0.05, 0) is 61.7 Å². The van der Waals surface area contributed by atoms with Crippen molar-refractivity contribution in [1.29, 1.82) is 0 Å². The summed E-state index contributed by atoms with van der Waals surface area (Å²) in [7, 11) is 0. The van der Waals surface area contributed by atoms with Crippen LogP contribution in [0.3, 0.4) is 0 Å². The summed E-state index contributed by atoms with van der Waals surface area (Å²) in [6.07, 6.45) is 10.9. The first kappa shape index (κ1) is 16.2. The zero-order chi connectivity index (χ0) is 15.7. The normalized spacial score (nSPS) is 38.7. The minimum Gasteiger partial charge on any atom is -0.396 e. The third-order valence-corrected chi connectivity index (χ3v) is 7.04. The highest BCUT2D eigenvalue weighted by Gasteiger charge is 2.49. The summed E-state index contributed by atoms with van der Waals surface area (Å²) in [5, 5.41) is 10.2. The van der Waals surface area contributed by atoms with Gasteiger partial charge in [0.15, 0.2) is 0 Å². The minimum absolute atomic E-state index is 0.174. The summed E-state index contributed by atoms with van der Waals surface area (Å²) in [6, 6.07) is 0. The van der Waals surface area contributed by atoms with E-state index in [1.165, 1.54) is 44.1 Å². The average molecular weight is 304 g/mol. The highest BCUT2D eigenvalue weighted by Crippen LogP contribution is 2.57. The van der Waals surface area contributed by atoms with Gasteiger partial charge in [-0.25, -0.2) is 0 Å². The van der Waals surface area contributed by atoms with Crippen molar-refractivity contribution >= 4 is 5.78 Å². The van der Waals surface area contributed by atoms with Crippen LogP contribution in [-0.4, -0.2) is 17.5 Å². The molecule has 1 N–H and O–H groups in total. The first-order valence-corrected chi connectivity index (χ1v) is 9.48. The molecule has 0 bridgehead atoms. The van der Waals surface area contributed by atoms with Gasteiger partial charge in [-0.2, -0.15) is 0 Å². The van der Waals surface area contributed by atoms with Gasteiger partial charge in [-0.1, -0.05) is 37.8 Å². The molecule has 0 aromatic heterocycles. The van der Waals surface area contributed by atoms with E-state index < -0.39 is 0 Å². The Bertz CT molecular complexity index is 464. The van der Waals surface area contributed by atoms with Gasteiger partial charge in [0.05, 0.1) is 0 Å². The predicted molar refractivity (Wildman–Crippen MR) is 89.5 cm³/mol. The van der Waals surface area contributed by atoms with Crippen LogP contribution in [0.1, 0.15) is 78.1 Å². The molecule has 4 atom stereocenters. The number of hydrogen-bond donors (Lipinski definition) is 1. The van der Waals surface area contributed by atoms with E-state index in [0.29, 0.717) is 18.3 Å². The maximum absolute atomic E-state index is 11.8. The molecule has 1 fully saturated rings. The van der Waals surface area contributed by atoms with E-state index in [1.807, 2.05) is 0 Å². The van der Waals surface area contributed by atoms with Gasteiger partial charge in [0.25, 0.3) is 0 Å². The van der Waals surface area contributed by atoms with E-state index >= 15 is 0 Å². The molecule has 0 spiro atoms. The number of rotatable bonds is 4. The van der Waals surface area contributed by atoms with Crippen LogP contribution in [-0.2, 0) is 4.79 Å². The second-order valence-corrected chi connectivity index (χ2v) is 7.98. The third kappa shape index (κ3) is 2.58. The molecule has 0 saturated heterocycles. The van der Waals surface area contributed by atoms with Crippen molar-refractivity contribution in [3.8, 4) is 0 Å². The van der Waals surface area contributed by atoms with Gasteiger partial charge >= 0.3 is 0 Å². The zero-order valence-electron chi connectivity index (χ0n) is 14.4. The molecule has 0 radical (unpaired) electrons. The standard InChI is InChI=1S/C20H32O2/c1-3-10-20(13-21)11-9-17-16-8-6-15(22)12-14(16)5-7-18(17)19(20)4-2/h17-19,21H,3-13H2,1-2H3/t17-,18-,19?,20?/m1/s1. The second-order valence-electron chi connectivity index (χ2n) is 7.98. The fourth-order valence-electron chi connectivity index (χ4n) is 6.16. The quantitative estimate of drug-likeness (QED) is 0.767. The maximum Gasteiger partial charge on any atom is 0.137 e. The SMILES string of the molecule is CCCC1(CO)CC[C@@H]2C3=C(CC[C@H]2C1CC)CC(=O)CC3. The van der Waals surface area contributed by atoms with Crippen LogP contribution in [0.15, 0.2) is 11.1 Å². The Morgan fingerprint density at radius 2 is 2.00 bits per heavy atom. The first-order chi connectivity index (χ1) is 10.6. The lowest BCUT2D eigenvalue weighted by atomic mass is 9.51. The van der Waals surface area contributed by atoms with Crippen LogP contribution in [0.25, 0.3) is 0 Å². The minimum atomic E-state index is 0.174. The van der Waals surface area contributed by atoms with Crippen molar-refractivity contribution < 1.29 is 9.90 Å². The van der Waals surface area contributed by atoms with Gasteiger partial charge in [-0.3, -0.25) is 4.79 Å². The Morgan fingerprint density at radius 3 is 2.68 bits per heavy atom. The van der Waals surface area contributed by atoms with E-state index in [4.69, 9.17) is 0 Å². The van der Waals surface area contributed by atoms with Crippen molar-refractivity contribution in [1.82, 2.24) is 0 Å². The van der Waals surface area contributed by atoms with Crippen molar-refractivity contribution in [2.24, 2.45) is 23.2 Å². The van der Waals surface area contributed by atoms with Gasteiger partial charge in [0.2, 0.25) is 0 Å². The summed E-state index contributed by atoms with van der Waals surface area (Å²) in [5.41, 5.74) is 3.34. The number of aliphatic hydroxyl groups excluding tert-OH is 1. The van der Waals surface area contributed by atoms with Crippen molar-refractivity contribution in [2.45, 2.75) is 78.1 Å². The van der Waals surface area contributed by atoms with Gasteiger partial charge in [0.1, 0.15) is 5.78 Å². The van der Waals surface area contributed by atoms with Crippen molar-refractivity contribution in [3.05, 3.63) is 11.1 Å². The van der Waals surface area contributed by atoms with Crippen LogP contribution >= 0.6 is 0 Å². The molecule has 0 heterocycles. The van der Waals surface area contributed by atoms with Crippen LogP contribution in [0.5, 0.6) is 0 Å². The zero-order valence-corrected chi connectivity index (χ0v) is 14.4. The van der Waals surface area contributed by atoms with Crippen molar-refractivity contribution in [2.75, 3.05) is 6.61 Å². The Kier molecular flexibility index (Phi) is 4.77. The Balaban J connectivity index is 1.88. The monoisotopic (exact) mass is 304 g/mol. The largest absolute Gasteiger partial charge is 0.396 e. The van der Waals surface area contributed by atoms with E-state index in [-0.39, 0.29) is 5.41 Å². The first-order valence-electron chi connectivity index (χ1n) is 9.48. The summed E-state index contributed by atoms with van der Waals surface area (Å²) in [4.78, 5) is 11.8. The lowest BCUT2D eigenvalue weighted by Crippen LogP contribution is -2.47. The van der Waals surface area contributed by atoms with Gasteiger partial charge in [-0.15, -0.1) is 0 Å². The van der Waals surface area contributed by atoms with Crippen molar-refractivity contribution in [3.63, 3.8) is 0 Å². The molecule has 0 aromatic rings. The number of aliphatic hydroxyl groups is 1. The topological polar surface area (TPSA) is 37.3 Å². The van der Waals surface area contributed by atoms with E-state index in [0.717, 1.165) is 37.5 Å². The average Bonchev–Trinajstić information content (AvgIpc) is 2.54. The van der Waals surface area contributed by atoms with Crippen LogP contribution in [0.2, 0.25) is 0 Å². The molecule has 3 rings (SSSR count). The molecule has 2 heteroatoms. The third-order valence-electron chi connectivity index (χ3n) is 7.04. The van der Waals surface area contributed by atoms with Crippen LogP contribution in [0, 0.1) is 23.2 Å². The predicted octanol–water partition coefficient (Wildman–Crippen LogP) is 4.66. The molecule has 0 aliphatic heterocycles. The van der Waals surface area contributed by atoms with E-state index in [2.05, 4.69) is 13.8 Å². The van der Waals surface area contributed by atoms with Crippen LogP contribution in [0.4, 0.5) is 0 Å². The van der Waals surface area contributed by atoms with Gasteiger partial charge < -0.3 is 5.11 Å². The maximum atomic E-state index is 11.8. The number of allylic oxidation sites excluding steroid dienone is 2. The molecule has 124 valence electrons. The van der Waals surface area contributed by atoms with Crippen LogP contribution < -0.4 is 0 Å². The Hall–Kier alpha value is -0.630. The Labute approximate surface area is 135 Å². The highest BCUT2D eigenvalue weighted by molar-refractivity contribution is 5.82.